The highest BCUT2D eigenvalue weighted by atomic mass is 127. The third-order valence-corrected chi connectivity index (χ3v) is 3.03. The monoisotopic (exact) mass is 308 g/mol. The smallest absolute Gasteiger partial charge is 0.337 e. The van der Waals surface area contributed by atoms with Crippen LogP contribution < -0.4 is 0 Å². The number of halogens is 2. The molecule has 0 spiro atoms. The average molecular weight is 309 g/mol. The molecular weight excluding hydrogens is 303 g/mol. The molecule has 0 aromatic heterocycles. The Morgan fingerprint density at radius 2 is 2.22 bits per heavy atom. The van der Waals surface area contributed by atoms with Crippen LogP contribution in [0.25, 0.3) is 0 Å². The summed E-state index contributed by atoms with van der Waals surface area (Å²) < 4.78 is 0.186. The van der Waals surface area contributed by atoms with E-state index in [-0.39, 0.29) is 9.76 Å². The van der Waals surface area contributed by atoms with Gasteiger partial charge in [-0.3, -0.25) is 0 Å². The molecule has 3 nitrogen and oxygen atoms in total. The van der Waals surface area contributed by atoms with Gasteiger partial charge < -0.3 is 10.2 Å². The lowest BCUT2D eigenvalue weighted by molar-refractivity contribution is -0.153. The van der Waals surface area contributed by atoms with Gasteiger partial charge >= 0.3 is 5.97 Å². The van der Waals surface area contributed by atoms with Crippen LogP contribution in [0.5, 0.6) is 0 Å². The lowest BCUT2D eigenvalue weighted by atomic mass is 10.1. The van der Waals surface area contributed by atoms with Crippen molar-refractivity contribution in [2.24, 2.45) is 0 Å². The second-order valence-electron chi connectivity index (χ2n) is 1.60. The number of carboxylic acid groups (broad SMARTS) is 1. The number of hydrogen-bond acceptors (Lipinski definition) is 2. The van der Waals surface area contributed by atoms with E-state index >= 15 is 0 Å². The van der Waals surface area contributed by atoms with E-state index in [9.17, 15) is 4.79 Å². The van der Waals surface area contributed by atoms with Crippen molar-refractivity contribution in [3.63, 3.8) is 0 Å². The van der Waals surface area contributed by atoms with Gasteiger partial charge in [0, 0.05) is 9.76 Å². The Balaban J connectivity index is 4.09. The van der Waals surface area contributed by atoms with E-state index in [2.05, 4.69) is 15.9 Å². The summed E-state index contributed by atoms with van der Waals surface area (Å²) in [6.45, 7) is 0. The Kier molecular flexibility index (Phi) is 3.99. The molecule has 2 N–H and O–H groups in total. The van der Waals surface area contributed by atoms with Gasteiger partial charge in [0.05, 0.1) is 0 Å². The average Bonchev–Trinajstić information content (AvgIpc) is 1.86. The van der Waals surface area contributed by atoms with Gasteiger partial charge in [-0.05, 0) is 0 Å². The molecule has 9 heavy (non-hydrogen) atoms. The van der Waals surface area contributed by atoms with Gasteiger partial charge in [-0.15, -0.1) is 0 Å². The third-order valence-electron chi connectivity index (χ3n) is 0.840. The number of carboxylic acids is 1. The van der Waals surface area contributed by atoms with Gasteiger partial charge in [0.2, 0.25) is 0 Å². The largest absolute Gasteiger partial charge is 0.479 e. The minimum Gasteiger partial charge on any atom is -0.479 e. The molecule has 1 unspecified atom stereocenters. The molecule has 0 bridgehead atoms. The Labute approximate surface area is 74.7 Å². The molecule has 0 aromatic carbocycles. The van der Waals surface area contributed by atoms with Crippen molar-refractivity contribution in [1.29, 1.82) is 0 Å². The van der Waals surface area contributed by atoms with Crippen molar-refractivity contribution in [2.75, 3.05) is 9.76 Å². The highest BCUT2D eigenvalue weighted by Crippen LogP contribution is 2.11. The summed E-state index contributed by atoms with van der Waals surface area (Å²) in [5.74, 6) is -1.19. The quantitative estimate of drug-likeness (QED) is 0.594. The molecule has 0 heterocycles. The number of alkyl halides is 2. The molecule has 0 aliphatic heterocycles. The Bertz CT molecular complexity index is 112. The fourth-order valence-electron chi connectivity index (χ4n) is 0.150. The van der Waals surface area contributed by atoms with Gasteiger partial charge in [-0.25, -0.2) is 4.79 Å². The van der Waals surface area contributed by atoms with E-state index in [0.717, 1.165) is 0 Å². The summed E-state index contributed by atoms with van der Waals surface area (Å²) in [7, 11) is 0. The van der Waals surface area contributed by atoms with Crippen LogP contribution in [0.1, 0.15) is 0 Å². The van der Waals surface area contributed by atoms with Gasteiger partial charge in [0.15, 0.2) is 5.60 Å². The Hall–Kier alpha value is 0.640. The van der Waals surface area contributed by atoms with Gasteiger partial charge in [0.1, 0.15) is 0 Å². The van der Waals surface area contributed by atoms with E-state index in [1.807, 2.05) is 22.6 Å². The molecule has 54 valence electrons. The first kappa shape index (κ1) is 9.64. The molecule has 0 aromatic rings. The Morgan fingerprint density at radius 3 is 2.22 bits per heavy atom. The number of hydrogen-bond donors (Lipinski definition) is 2. The van der Waals surface area contributed by atoms with Crippen LogP contribution in [-0.2, 0) is 4.79 Å². The van der Waals surface area contributed by atoms with Crippen LogP contribution in [0.3, 0.4) is 0 Å². The first-order chi connectivity index (χ1) is 4.06. The molecule has 5 heteroatoms. The van der Waals surface area contributed by atoms with E-state index < -0.39 is 11.6 Å². The summed E-state index contributed by atoms with van der Waals surface area (Å²) >= 11 is 4.72. The molecule has 0 amide bonds. The van der Waals surface area contributed by atoms with E-state index in [0.29, 0.717) is 0 Å². The zero-order chi connectivity index (χ0) is 7.49. The molecule has 0 aliphatic carbocycles. The van der Waals surface area contributed by atoms with E-state index in [1.165, 1.54) is 0 Å². The number of rotatable bonds is 3. The van der Waals surface area contributed by atoms with Crippen LogP contribution >= 0.6 is 38.5 Å². The molecule has 0 rings (SSSR count). The first-order valence-electron chi connectivity index (χ1n) is 2.14. The van der Waals surface area contributed by atoms with Crippen LogP contribution in [0.4, 0.5) is 0 Å². The first-order valence-corrected chi connectivity index (χ1v) is 4.79. The minimum absolute atomic E-state index is 0.0677. The van der Waals surface area contributed by atoms with Crippen molar-refractivity contribution in [3.8, 4) is 0 Å². The molecule has 0 aliphatic rings. The maximum Gasteiger partial charge on any atom is 0.337 e. The van der Waals surface area contributed by atoms with Gasteiger partial charge in [-0.1, -0.05) is 38.5 Å². The maximum atomic E-state index is 10.2. The molecule has 0 radical (unpaired) electrons. The lowest BCUT2D eigenvalue weighted by Crippen LogP contribution is -2.41. The summed E-state index contributed by atoms with van der Waals surface area (Å²) in [5.41, 5.74) is -1.60. The SMILES string of the molecule is O=C(O)C(O)(CBr)CI. The maximum absolute atomic E-state index is 10.2. The van der Waals surface area contributed by atoms with Crippen LogP contribution in [0, 0.1) is 0 Å². The number of aliphatic hydroxyl groups is 1. The van der Waals surface area contributed by atoms with Crippen molar-refractivity contribution < 1.29 is 15.0 Å². The van der Waals surface area contributed by atoms with Crippen molar-refractivity contribution in [1.82, 2.24) is 0 Å². The second-order valence-corrected chi connectivity index (χ2v) is 2.93. The predicted octanol–water partition coefficient (Wildman–Crippen LogP) is 0.632. The van der Waals surface area contributed by atoms with Crippen LogP contribution in [-0.4, -0.2) is 31.5 Å². The molecule has 0 saturated heterocycles. The summed E-state index contributed by atoms with van der Waals surface area (Å²) in [5, 5.41) is 17.5. The zero-order valence-electron chi connectivity index (χ0n) is 4.47. The van der Waals surface area contributed by atoms with Crippen molar-refractivity contribution in [3.05, 3.63) is 0 Å². The van der Waals surface area contributed by atoms with Crippen LogP contribution in [0.2, 0.25) is 0 Å². The van der Waals surface area contributed by atoms with Gasteiger partial charge in [-0.2, -0.15) is 0 Å². The standard InChI is InChI=1S/C4H6BrIO3/c5-1-4(9,2-6)3(7)8/h9H,1-2H2,(H,7,8). The van der Waals surface area contributed by atoms with E-state index in [1.54, 1.807) is 0 Å². The molecule has 1 atom stereocenters. The second kappa shape index (κ2) is 3.72. The highest BCUT2D eigenvalue weighted by Gasteiger charge is 2.32. The Morgan fingerprint density at radius 1 is 1.78 bits per heavy atom. The normalized spacial score (nSPS) is 16.8. The van der Waals surface area contributed by atoms with Crippen molar-refractivity contribution in [2.45, 2.75) is 5.60 Å². The summed E-state index contributed by atoms with van der Waals surface area (Å²) in [6, 6.07) is 0. The molecular formula is C4H6BrIO3. The zero-order valence-corrected chi connectivity index (χ0v) is 8.22. The molecule has 0 fully saturated rings. The topological polar surface area (TPSA) is 57.5 Å². The summed E-state index contributed by atoms with van der Waals surface area (Å²) in [6.07, 6.45) is 0. The minimum atomic E-state index is -1.60. The highest BCUT2D eigenvalue weighted by molar-refractivity contribution is 14.1. The molecule has 0 saturated carbocycles. The number of carbonyl (C=O) groups is 1. The fraction of sp³-hybridized carbons (Fsp3) is 0.750. The predicted molar refractivity (Wildman–Crippen MR) is 45.3 cm³/mol. The number of aliphatic carboxylic acids is 1. The lowest BCUT2D eigenvalue weighted by Gasteiger charge is -2.16. The van der Waals surface area contributed by atoms with Gasteiger partial charge in [0.25, 0.3) is 0 Å². The third kappa shape index (κ3) is 2.38. The summed E-state index contributed by atoms with van der Waals surface area (Å²) in [4.78, 5) is 10.2. The van der Waals surface area contributed by atoms with E-state index in [4.69, 9.17) is 10.2 Å². The fourth-order valence-corrected chi connectivity index (χ4v) is 1.93. The van der Waals surface area contributed by atoms with Crippen molar-refractivity contribution >= 4 is 44.5 Å². The van der Waals surface area contributed by atoms with Crippen LogP contribution in [0.15, 0.2) is 0 Å².